The molecule has 3 aromatic rings. The summed E-state index contributed by atoms with van der Waals surface area (Å²) in [4.78, 5) is 0. The van der Waals surface area contributed by atoms with Gasteiger partial charge in [-0.25, -0.2) is 9.07 Å². The highest BCUT2D eigenvalue weighted by Gasteiger charge is 2.09. The number of benzene rings is 2. The van der Waals surface area contributed by atoms with Gasteiger partial charge in [-0.2, -0.15) is 5.10 Å². The first kappa shape index (κ1) is 13.4. The van der Waals surface area contributed by atoms with E-state index in [9.17, 15) is 4.39 Å². The lowest BCUT2D eigenvalue weighted by Gasteiger charge is -2.02. The van der Waals surface area contributed by atoms with Gasteiger partial charge in [0, 0.05) is 5.56 Å². The molecule has 0 aliphatic carbocycles. The third kappa shape index (κ3) is 2.65. The summed E-state index contributed by atoms with van der Waals surface area (Å²) in [5.74, 6) is -0.269. The normalized spacial score (nSPS) is 10.8. The van der Waals surface area contributed by atoms with Gasteiger partial charge in [0.15, 0.2) is 0 Å². The minimum atomic E-state index is -0.269. The molecule has 1 heterocycles. The summed E-state index contributed by atoms with van der Waals surface area (Å²) in [7, 11) is 0. The lowest BCUT2D eigenvalue weighted by molar-refractivity contribution is 0.627. The van der Waals surface area contributed by atoms with Crippen LogP contribution in [0.25, 0.3) is 16.9 Å². The zero-order valence-corrected chi connectivity index (χ0v) is 11.8. The first-order valence-electron chi connectivity index (χ1n) is 6.88. The van der Waals surface area contributed by atoms with Crippen LogP contribution < -0.4 is 5.73 Å². The fraction of sp³-hybridized carbons (Fsp3) is 0.118. The van der Waals surface area contributed by atoms with Crippen molar-refractivity contribution in [1.82, 2.24) is 9.78 Å². The molecular formula is C17H16FN3. The zero-order chi connectivity index (χ0) is 14.8. The molecule has 3 nitrogen and oxygen atoms in total. The van der Waals surface area contributed by atoms with Gasteiger partial charge in [-0.3, -0.25) is 0 Å². The van der Waals surface area contributed by atoms with Crippen LogP contribution in [0.5, 0.6) is 0 Å². The van der Waals surface area contributed by atoms with Crippen LogP contribution in [0.1, 0.15) is 12.5 Å². The Hall–Kier alpha value is -2.62. The van der Waals surface area contributed by atoms with E-state index in [-0.39, 0.29) is 5.82 Å². The smallest absolute Gasteiger partial charge is 0.123 e. The van der Waals surface area contributed by atoms with Gasteiger partial charge in [0.2, 0.25) is 0 Å². The van der Waals surface area contributed by atoms with Gasteiger partial charge in [0.05, 0.1) is 17.6 Å². The number of anilines is 1. The summed E-state index contributed by atoms with van der Waals surface area (Å²) in [6.07, 6.45) is 2.75. The van der Waals surface area contributed by atoms with Crippen LogP contribution in [0, 0.1) is 5.82 Å². The average molecular weight is 281 g/mol. The number of rotatable bonds is 3. The molecule has 0 saturated carbocycles. The number of hydrogen-bond acceptors (Lipinski definition) is 2. The zero-order valence-electron chi connectivity index (χ0n) is 11.8. The molecule has 0 radical (unpaired) electrons. The average Bonchev–Trinajstić information content (AvgIpc) is 2.90. The molecule has 106 valence electrons. The second-order valence-corrected chi connectivity index (χ2v) is 4.90. The van der Waals surface area contributed by atoms with Gasteiger partial charge in [0.1, 0.15) is 11.5 Å². The Bertz CT molecular complexity index is 743. The van der Waals surface area contributed by atoms with E-state index in [1.54, 1.807) is 23.0 Å². The number of nitrogens with two attached hydrogens (primary N) is 1. The van der Waals surface area contributed by atoms with E-state index >= 15 is 0 Å². The minimum absolute atomic E-state index is 0.269. The highest BCUT2D eigenvalue weighted by atomic mass is 19.1. The van der Waals surface area contributed by atoms with Gasteiger partial charge in [-0.1, -0.05) is 31.2 Å². The lowest BCUT2D eigenvalue weighted by atomic mass is 10.1. The molecule has 0 aliphatic rings. The van der Waals surface area contributed by atoms with Crippen molar-refractivity contribution in [3.05, 3.63) is 66.1 Å². The Morgan fingerprint density at radius 3 is 2.33 bits per heavy atom. The van der Waals surface area contributed by atoms with Gasteiger partial charge in [-0.15, -0.1) is 0 Å². The van der Waals surface area contributed by atoms with E-state index in [0.29, 0.717) is 5.69 Å². The predicted octanol–water partition coefficient (Wildman–Crippen LogP) is 3.82. The number of nitrogens with zero attached hydrogens (tertiary/aromatic N) is 2. The highest BCUT2D eigenvalue weighted by molar-refractivity contribution is 5.72. The fourth-order valence-corrected chi connectivity index (χ4v) is 2.24. The van der Waals surface area contributed by atoms with E-state index < -0.39 is 0 Å². The molecule has 0 aliphatic heterocycles. The topological polar surface area (TPSA) is 43.8 Å². The first-order chi connectivity index (χ1) is 10.2. The quantitative estimate of drug-likeness (QED) is 0.793. The molecule has 0 atom stereocenters. The monoisotopic (exact) mass is 281 g/mol. The molecule has 2 N–H and O–H groups in total. The van der Waals surface area contributed by atoms with Crippen LogP contribution >= 0.6 is 0 Å². The second kappa shape index (κ2) is 5.40. The Kier molecular flexibility index (Phi) is 3.44. The second-order valence-electron chi connectivity index (χ2n) is 4.90. The summed E-state index contributed by atoms with van der Waals surface area (Å²) in [5, 5.41) is 4.50. The maximum Gasteiger partial charge on any atom is 0.123 e. The molecule has 0 spiro atoms. The molecule has 0 saturated heterocycles. The van der Waals surface area contributed by atoms with Gasteiger partial charge in [0.25, 0.3) is 0 Å². The van der Waals surface area contributed by atoms with Crippen molar-refractivity contribution in [3.8, 4) is 16.9 Å². The number of halogens is 1. The van der Waals surface area contributed by atoms with E-state index in [4.69, 9.17) is 5.73 Å². The maximum atomic E-state index is 13.0. The van der Waals surface area contributed by atoms with Crippen LogP contribution in [0.3, 0.4) is 0 Å². The molecule has 0 fully saturated rings. The van der Waals surface area contributed by atoms with Crippen LogP contribution in [0.2, 0.25) is 0 Å². The molecule has 0 unspecified atom stereocenters. The largest absolute Gasteiger partial charge is 0.396 e. The van der Waals surface area contributed by atoms with E-state index in [0.717, 1.165) is 23.4 Å². The van der Waals surface area contributed by atoms with Crippen molar-refractivity contribution in [2.24, 2.45) is 0 Å². The van der Waals surface area contributed by atoms with Gasteiger partial charge < -0.3 is 5.73 Å². The van der Waals surface area contributed by atoms with Gasteiger partial charge >= 0.3 is 0 Å². The third-order valence-corrected chi connectivity index (χ3v) is 3.47. The number of hydrogen-bond donors (Lipinski definition) is 1. The fourth-order valence-electron chi connectivity index (χ4n) is 2.24. The lowest BCUT2D eigenvalue weighted by Crippen LogP contribution is -1.94. The van der Waals surface area contributed by atoms with E-state index in [2.05, 4.69) is 24.2 Å². The standard InChI is InChI=1S/C17H16FN3/c1-2-12-3-5-13(6-4-12)17-16(19)11-21(20-17)15-9-7-14(18)8-10-15/h3-11H,2,19H2,1H3. The van der Waals surface area contributed by atoms with E-state index in [1.807, 2.05) is 12.1 Å². The number of aromatic nitrogens is 2. The molecule has 0 amide bonds. The Morgan fingerprint density at radius 1 is 1.05 bits per heavy atom. The molecule has 2 aromatic carbocycles. The minimum Gasteiger partial charge on any atom is -0.396 e. The summed E-state index contributed by atoms with van der Waals surface area (Å²) >= 11 is 0. The van der Waals surface area contributed by atoms with Gasteiger partial charge in [-0.05, 0) is 36.2 Å². The summed E-state index contributed by atoms with van der Waals surface area (Å²) in [5.41, 5.74) is 10.4. The Morgan fingerprint density at radius 2 is 1.71 bits per heavy atom. The first-order valence-corrected chi connectivity index (χ1v) is 6.88. The summed E-state index contributed by atoms with van der Waals surface area (Å²) in [6.45, 7) is 2.12. The highest BCUT2D eigenvalue weighted by Crippen LogP contribution is 2.25. The van der Waals surface area contributed by atoms with Crippen molar-refractivity contribution in [2.45, 2.75) is 13.3 Å². The van der Waals surface area contributed by atoms with Crippen molar-refractivity contribution >= 4 is 5.69 Å². The maximum absolute atomic E-state index is 13.0. The molecular weight excluding hydrogens is 265 g/mol. The molecule has 1 aromatic heterocycles. The molecule has 21 heavy (non-hydrogen) atoms. The van der Waals surface area contributed by atoms with E-state index in [1.165, 1.54) is 17.7 Å². The van der Waals surface area contributed by atoms with Crippen molar-refractivity contribution in [2.75, 3.05) is 5.73 Å². The van der Waals surface area contributed by atoms with Crippen LogP contribution in [-0.2, 0) is 6.42 Å². The summed E-state index contributed by atoms with van der Waals surface area (Å²) in [6, 6.07) is 14.3. The Balaban J connectivity index is 1.98. The molecule has 0 bridgehead atoms. The Labute approximate surface area is 122 Å². The van der Waals surface area contributed by atoms with Crippen molar-refractivity contribution < 1.29 is 4.39 Å². The van der Waals surface area contributed by atoms with Crippen molar-refractivity contribution in [3.63, 3.8) is 0 Å². The van der Waals surface area contributed by atoms with Crippen LogP contribution in [0.4, 0.5) is 10.1 Å². The SMILES string of the molecule is CCc1ccc(-c2nn(-c3ccc(F)cc3)cc2N)cc1. The van der Waals surface area contributed by atoms with Crippen molar-refractivity contribution in [1.29, 1.82) is 0 Å². The molecule has 3 rings (SSSR count). The number of aryl methyl sites for hydroxylation is 1. The summed E-state index contributed by atoms with van der Waals surface area (Å²) < 4.78 is 14.6. The van der Waals surface area contributed by atoms with Crippen LogP contribution in [0.15, 0.2) is 54.7 Å². The third-order valence-electron chi connectivity index (χ3n) is 3.47. The number of nitrogen functional groups attached to an aromatic ring is 1. The predicted molar refractivity (Wildman–Crippen MR) is 82.7 cm³/mol. The van der Waals surface area contributed by atoms with Crippen LogP contribution in [-0.4, -0.2) is 9.78 Å². The molecule has 4 heteroatoms.